The lowest BCUT2D eigenvalue weighted by Gasteiger charge is -2.41. The Morgan fingerprint density at radius 1 is 1.45 bits per heavy atom. The van der Waals surface area contributed by atoms with Crippen molar-refractivity contribution in [1.29, 1.82) is 0 Å². The highest BCUT2D eigenvalue weighted by Gasteiger charge is 2.44. The van der Waals surface area contributed by atoms with Crippen molar-refractivity contribution in [3.63, 3.8) is 0 Å². The lowest BCUT2D eigenvalue weighted by atomic mass is 9.91. The summed E-state index contributed by atoms with van der Waals surface area (Å²) in [5, 5.41) is 22.9. The molecule has 0 amide bonds. The Labute approximate surface area is 126 Å². The van der Waals surface area contributed by atoms with Crippen LogP contribution in [0.3, 0.4) is 0 Å². The molecule has 1 aromatic rings. The Morgan fingerprint density at radius 3 is 2.73 bits per heavy atom. The Morgan fingerprint density at radius 2 is 2.14 bits per heavy atom. The maximum atomic E-state index is 12.1. The number of nitrogens with zero attached hydrogens (tertiary/aromatic N) is 3. The normalized spacial score (nSPS) is 31.1. The quantitative estimate of drug-likeness (QED) is 0.374. The number of carbonyl (C=O) groups is 1. The van der Waals surface area contributed by atoms with Gasteiger partial charge in [0.1, 0.15) is 24.5 Å². The smallest absolute Gasteiger partial charge is 0.338 e. The zero-order valence-electron chi connectivity index (χ0n) is 11.9. The molecule has 0 aliphatic carbocycles. The van der Waals surface area contributed by atoms with Crippen LogP contribution in [-0.2, 0) is 9.47 Å². The van der Waals surface area contributed by atoms with Gasteiger partial charge in [-0.15, -0.1) is 0 Å². The van der Waals surface area contributed by atoms with Crippen LogP contribution in [-0.4, -0.2) is 47.3 Å². The van der Waals surface area contributed by atoms with Gasteiger partial charge >= 0.3 is 5.97 Å². The topological polar surface area (TPSA) is 125 Å². The van der Waals surface area contributed by atoms with E-state index in [9.17, 15) is 15.0 Å². The fourth-order valence-electron chi connectivity index (χ4n) is 2.35. The molecule has 5 atom stereocenters. The van der Waals surface area contributed by atoms with Gasteiger partial charge in [0.05, 0.1) is 12.2 Å². The number of rotatable bonds is 4. The number of hydrogen-bond donors (Lipinski definition) is 2. The highest BCUT2D eigenvalue weighted by molar-refractivity contribution is 5.89. The Kier molecular flexibility index (Phi) is 5.35. The van der Waals surface area contributed by atoms with E-state index in [4.69, 9.17) is 15.0 Å². The fourth-order valence-corrected chi connectivity index (χ4v) is 2.35. The summed E-state index contributed by atoms with van der Waals surface area (Å²) in [6.45, 7) is 1.16. The highest BCUT2D eigenvalue weighted by atomic mass is 16.6. The fraction of sp³-hybridized carbons (Fsp3) is 0.500. The summed E-state index contributed by atoms with van der Waals surface area (Å²) in [5.41, 5.74) is 8.89. The molecular weight excluding hydrogens is 290 g/mol. The van der Waals surface area contributed by atoms with E-state index in [-0.39, 0.29) is 0 Å². The number of azide groups is 1. The number of carbonyl (C=O) groups excluding carboxylic acids is 1. The van der Waals surface area contributed by atoms with Gasteiger partial charge in [-0.3, -0.25) is 0 Å². The summed E-state index contributed by atoms with van der Waals surface area (Å²) in [6.07, 6.45) is -4.08. The number of aliphatic hydroxyl groups excluding tert-OH is 2. The second kappa shape index (κ2) is 7.24. The molecule has 0 spiro atoms. The summed E-state index contributed by atoms with van der Waals surface area (Å²) in [4.78, 5) is 14.8. The number of ether oxygens (including phenoxy) is 2. The zero-order valence-corrected chi connectivity index (χ0v) is 11.9. The van der Waals surface area contributed by atoms with Crippen molar-refractivity contribution in [2.75, 3.05) is 6.61 Å². The molecule has 118 valence electrons. The van der Waals surface area contributed by atoms with E-state index in [0.717, 1.165) is 0 Å². The molecule has 1 aliphatic heterocycles. The van der Waals surface area contributed by atoms with E-state index < -0.39 is 43.0 Å². The predicted octanol–water partition coefficient (Wildman–Crippen LogP) is 1.24. The average Bonchev–Trinajstić information content (AvgIpc) is 2.54. The van der Waals surface area contributed by atoms with Crippen LogP contribution in [0.4, 0.5) is 0 Å². The van der Waals surface area contributed by atoms with Crippen LogP contribution < -0.4 is 0 Å². The van der Waals surface area contributed by atoms with Gasteiger partial charge in [-0.25, -0.2) is 4.79 Å². The average molecular weight is 307 g/mol. The monoisotopic (exact) mass is 307 g/mol. The van der Waals surface area contributed by atoms with E-state index >= 15 is 0 Å². The van der Waals surface area contributed by atoms with Crippen molar-refractivity contribution in [1.82, 2.24) is 0 Å². The molecule has 22 heavy (non-hydrogen) atoms. The molecule has 2 rings (SSSR count). The van der Waals surface area contributed by atoms with Crippen LogP contribution in [0.15, 0.2) is 35.4 Å². The number of aliphatic hydroxyl groups is 2. The maximum absolute atomic E-state index is 12.1. The van der Waals surface area contributed by atoms with Crippen molar-refractivity contribution >= 4 is 5.97 Å². The Hall–Kier alpha value is -2.12. The lowest BCUT2D eigenvalue weighted by Crippen LogP contribution is -2.55. The summed E-state index contributed by atoms with van der Waals surface area (Å²) in [6, 6.07) is 8.34. The van der Waals surface area contributed by atoms with Gasteiger partial charge in [0.15, 0.2) is 0 Å². The zero-order chi connectivity index (χ0) is 16.1. The molecule has 2 unspecified atom stereocenters. The van der Waals surface area contributed by atoms with E-state index in [1.165, 1.54) is 0 Å². The van der Waals surface area contributed by atoms with Crippen molar-refractivity contribution in [2.24, 2.45) is 11.0 Å². The predicted molar refractivity (Wildman–Crippen MR) is 75.7 cm³/mol. The third-order valence-corrected chi connectivity index (χ3v) is 3.60. The van der Waals surface area contributed by atoms with E-state index in [1.54, 1.807) is 37.3 Å². The molecule has 8 heteroatoms. The molecule has 1 aliphatic rings. The maximum Gasteiger partial charge on any atom is 0.338 e. The largest absolute Gasteiger partial charge is 0.456 e. The first kappa shape index (κ1) is 16.3. The molecule has 2 N–H and O–H groups in total. The third-order valence-electron chi connectivity index (χ3n) is 3.60. The molecule has 1 aromatic carbocycles. The van der Waals surface area contributed by atoms with Crippen LogP contribution >= 0.6 is 0 Å². The van der Waals surface area contributed by atoms with Crippen molar-refractivity contribution < 1.29 is 24.5 Å². The molecule has 1 fully saturated rings. The molecular formula is C14H17N3O5. The van der Waals surface area contributed by atoms with Gasteiger partial charge in [0.25, 0.3) is 0 Å². The highest BCUT2D eigenvalue weighted by Crippen LogP contribution is 2.29. The SMILES string of the molecule is CC1[C@H](N=[N+]=[N-])OC(CO)[C@H](O)[C@@H]1OC(=O)c1ccccc1. The van der Waals surface area contributed by atoms with Gasteiger partial charge in [-0.1, -0.05) is 30.2 Å². The number of esters is 1. The van der Waals surface area contributed by atoms with E-state index in [1.807, 2.05) is 0 Å². The minimum absolute atomic E-state index is 0.342. The minimum atomic E-state index is -1.21. The van der Waals surface area contributed by atoms with Crippen LogP contribution in [0.1, 0.15) is 17.3 Å². The van der Waals surface area contributed by atoms with Crippen molar-refractivity contribution in [3.05, 3.63) is 46.3 Å². The minimum Gasteiger partial charge on any atom is -0.456 e. The van der Waals surface area contributed by atoms with Crippen molar-refractivity contribution in [2.45, 2.75) is 31.5 Å². The number of benzene rings is 1. The molecule has 8 nitrogen and oxygen atoms in total. The Balaban J connectivity index is 2.18. The van der Waals surface area contributed by atoms with Crippen LogP contribution in [0.25, 0.3) is 10.4 Å². The summed E-state index contributed by atoms with van der Waals surface area (Å²) in [5.74, 6) is -1.16. The first-order chi connectivity index (χ1) is 10.6. The van der Waals surface area contributed by atoms with Crippen LogP contribution in [0.5, 0.6) is 0 Å². The standard InChI is InChI=1S/C14H17N3O5/c1-8-12(22-14(20)9-5-3-2-4-6-9)11(19)10(7-18)21-13(8)16-17-15/h2-6,8,10-13,18-19H,7H2,1H3/t8?,10?,11-,12+,13+/m0/s1. The summed E-state index contributed by atoms with van der Waals surface area (Å²) >= 11 is 0. The van der Waals surface area contributed by atoms with Gasteiger partial charge in [-0.05, 0) is 17.7 Å². The van der Waals surface area contributed by atoms with Gasteiger partial charge in [0, 0.05) is 10.8 Å². The first-order valence-electron chi connectivity index (χ1n) is 6.83. The second-order valence-electron chi connectivity index (χ2n) is 5.04. The van der Waals surface area contributed by atoms with Crippen molar-refractivity contribution in [3.8, 4) is 0 Å². The third kappa shape index (κ3) is 3.37. The van der Waals surface area contributed by atoms with Crippen LogP contribution in [0, 0.1) is 5.92 Å². The van der Waals surface area contributed by atoms with Gasteiger partial charge in [-0.2, -0.15) is 0 Å². The second-order valence-corrected chi connectivity index (χ2v) is 5.04. The van der Waals surface area contributed by atoms with Crippen LogP contribution in [0.2, 0.25) is 0 Å². The summed E-state index contributed by atoms with van der Waals surface area (Å²) < 4.78 is 10.7. The molecule has 0 bridgehead atoms. The Bertz CT molecular complexity index is 561. The molecule has 1 saturated heterocycles. The van der Waals surface area contributed by atoms with E-state index in [0.29, 0.717) is 5.56 Å². The van der Waals surface area contributed by atoms with Gasteiger partial charge < -0.3 is 19.7 Å². The molecule has 1 heterocycles. The van der Waals surface area contributed by atoms with Gasteiger partial charge in [0.2, 0.25) is 0 Å². The molecule has 0 radical (unpaired) electrons. The number of hydrogen-bond acceptors (Lipinski definition) is 6. The first-order valence-corrected chi connectivity index (χ1v) is 6.83. The molecule has 0 saturated carbocycles. The lowest BCUT2D eigenvalue weighted by molar-refractivity contribution is -0.203. The van der Waals surface area contributed by atoms with E-state index in [2.05, 4.69) is 10.0 Å². The molecule has 0 aromatic heterocycles. The summed E-state index contributed by atoms with van der Waals surface area (Å²) in [7, 11) is 0.